The van der Waals surface area contributed by atoms with Crippen LogP contribution in [-0.4, -0.2) is 9.05 Å². The van der Waals surface area contributed by atoms with Gasteiger partial charge in [0.05, 0.1) is 0 Å². The molecular formula is CeO4SiY+2. The zero-order valence-corrected chi connectivity index (χ0v) is 10.2. The Labute approximate surface area is 101 Å². The number of hydrogen-bond acceptors (Lipinski definition) is 4. The molecule has 0 amide bonds. The molecule has 7 heavy (non-hydrogen) atoms. The van der Waals surface area contributed by atoms with Crippen LogP contribution in [-0.2, 0) is 32.7 Å². The van der Waals surface area contributed by atoms with Crippen molar-refractivity contribution in [3.05, 3.63) is 0 Å². The summed E-state index contributed by atoms with van der Waals surface area (Å²) in [6, 6.07) is 0. The average molecular weight is 321 g/mol. The van der Waals surface area contributed by atoms with Crippen molar-refractivity contribution in [3.63, 3.8) is 0 Å². The van der Waals surface area contributed by atoms with Gasteiger partial charge < -0.3 is 28.2 Å². The standard InChI is InChI=1S/Ce.O4Si.Y/c;1-5(2,3)4;/q+3;-4;+3. The van der Waals surface area contributed by atoms with Crippen LogP contribution in [0.15, 0.2) is 0 Å². The topological polar surface area (TPSA) is 92.2 Å². The van der Waals surface area contributed by atoms with Crippen LogP contribution >= 0.6 is 0 Å². The minimum Gasteiger partial charge on any atom is -0.894 e. The summed E-state index contributed by atoms with van der Waals surface area (Å²) in [6.45, 7) is 0. The van der Waals surface area contributed by atoms with Crippen molar-refractivity contribution in [1.29, 1.82) is 0 Å². The molecule has 0 aromatic heterocycles. The van der Waals surface area contributed by atoms with E-state index in [4.69, 9.17) is 19.2 Å². The van der Waals surface area contributed by atoms with E-state index in [2.05, 4.69) is 0 Å². The molecule has 0 atom stereocenters. The SMILES string of the molecule is [Ce+3].[O-][Si]([O-])([O-])[O-].[Y+3]. The molecule has 33 valence electrons. The molecule has 0 aliphatic heterocycles. The van der Waals surface area contributed by atoms with E-state index in [-0.39, 0.29) is 74.5 Å². The summed E-state index contributed by atoms with van der Waals surface area (Å²) in [5.41, 5.74) is 0. The fraction of sp³-hybridized carbons (Fsp3) is 0. The molecule has 0 saturated carbocycles. The molecule has 0 saturated heterocycles. The van der Waals surface area contributed by atoms with Crippen molar-refractivity contribution in [1.82, 2.24) is 0 Å². The first-order valence-corrected chi connectivity index (χ1v) is 2.45. The van der Waals surface area contributed by atoms with E-state index in [1.54, 1.807) is 0 Å². The zero-order valence-electron chi connectivity index (χ0n) is 3.21. The van der Waals surface area contributed by atoms with Crippen LogP contribution in [0.3, 0.4) is 0 Å². The third-order valence-electron chi connectivity index (χ3n) is 0. The number of rotatable bonds is 0. The molecular weight excluding hydrogens is 321 g/mol. The Kier molecular flexibility index (Phi) is 15.5. The molecule has 4 nitrogen and oxygen atoms in total. The average Bonchev–Trinajstić information content (AvgIpc) is 0.722. The van der Waals surface area contributed by atoms with E-state index in [1.165, 1.54) is 0 Å². The van der Waals surface area contributed by atoms with Gasteiger partial charge in [-0.25, -0.2) is 0 Å². The Bertz CT molecular complexity index is 27.2. The van der Waals surface area contributed by atoms with E-state index in [9.17, 15) is 0 Å². The predicted octanol–water partition coefficient (Wildman–Crippen LogP) is -5.14. The van der Waals surface area contributed by atoms with Crippen molar-refractivity contribution in [2.45, 2.75) is 0 Å². The normalized spacial score (nSPS) is 8.57. The molecule has 0 N–H and O–H groups in total. The van der Waals surface area contributed by atoms with Gasteiger partial charge in [0.25, 0.3) is 0 Å². The van der Waals surface area contributed by atoms with Gasteiger partial charge in [0.2, 0.25) is 0 Å². The molecule has 0 aliphatic carbocycles. The summed E-state index contributed by atoms with van der Waals surface area (Å²) in [6.07, 6.45) is 0. The Hall–Kier alpha value is 2.54. The van der Waals surface area contributed by atoms with Gasteiger partial charge in [-0.2, -0.15) is 0 Å². The molecule has 7 heteroatoms. The van der Waals surface area contributed by atoms with Crippen LogP contribution in [0.4, 0.5) is 0 Å². The van der Waals surface area contributed by atoms with E-state index < -0.39 is 9.05 Å². The summed E-state index contributed by atoms with van der Waals surface area (Å²) in [5.74, 6) is 0. The number of hydrogen-bond donors (Lipinski definition) is 0. The van der Waals surface area contributed by atoms with Gasteiger partial charge in [0.15, 0.2) is 0 Å². The zero-order chi connectivity index (χ0) is 4.50. The largest absolute Gasteiger partial charge is 3.00 e. The molecule has 0 spiro atoms. The van der Waals surface area contributed by atoms with Gasteiger partial charge >= 0.3 is 74.5 Å². The predicted molar refractivity (Wildman–Crippen MR) is 5.75 cm³/mol. The quantitative estimate of drug-likeness (QED) is 0.417. The maximum atomic E-state index is 8.58. The van der Waals surface area contributed by atoms with E-state index in [0.717, 1.165) is 0 Å². The van der Waals surface area contributed by atoms with Crippen molar-refractivity contribution < 1.29 is 93.6 Å². The van der Waals surface area contributed by atoms with Crippen LogP contribution in [0.5, 0.6) is 0 Å². The second kappa shape index (κ2) is 6.65. The molecule has 0 bridgehead atoms. The van der Waals surface area contributed by atoms with Crippen molar-refractivity contribution in [3.8, 4) is 0 Å². The van der Waals surface area contributed by atoms with Gasteiger partial charge in [-0.15, -0.1) is 0 Å². The molecule has 1 radical (unpaired) electrons. The van der Waals surface area contributed by atoms with E-state index >= 15 is 0 Å². The van der Waals surface area contributed by atoms with Gasteiger partial charge in [-0.1, -0.05) is 0 Å². The summed E-state index contributed by atoms with van der Waals surface area (Å²) in [7, 11) is -5.61. The maximum Gasteiger partial charge on any atom is 3.00 e. The Morgan fingerprint density at radius 2 is 0.857 bits per heavy atom. The third-order valence-corrected chi connectivity index (χ3v) is 0. The van der Waals surface area contributed by atoms with Crippen LogP contribution < -0.4 is 19.2 Å². The van der Waals surface area contributed by atoms with Crippen LogP contribution in [0.2, 0.25) is 0 Å². The summed E-state index contributed by atoms with van der Waals surface area (Å²) < 4.78 is 0. The smallest absolute Gasteiger partial charge is 0.894 e. The van der Waals surface area contributed by atoms with Gasteiger partial charge in [-0.05, 0) is 0 Å². The van der Waals surface area contributed by atoms with E-state index in [0.29, 0.717) is 0 Å². The molecule has 0 aromatic rings. The van der Waals surface area contributed by atoms with E-state index in [1.807, 2.05) is 0 Å². The summed E-state index contributed by atoms with van der Waals surface area (Å²) in [4.78, 5) is 34.3. The monoisotopic (exact) mass is 321 g/mol. The Balaban J connectivity index is -0.0000000800. The van der Waals surface area contributed by atoms with Crippen molar-refractivity contribution in [2.75, 3.05) is 0 Å². The molecule has 0 aromatic carbocycles. The summed E-state index contributed by atoms with van der Waals surface area (Å²) in [5, 5.41) is 0. The van der Waals surface area contributed by atoms with Gasteiger partial charge in [0.1, 0.15) is 0 Å². The molecule has 0 fully saturated rings. The van der Waals surface area contributed by atoms with Crippen LogP contribution in [0.25, 0.3) is 0 Å². The minimum absolute atomic E-state index is 0. The second-order valence-electron chi connectivity index (χ2n) is 0.500. The first kappa shape index (κ1) is 16.3. The summed E-state index contributed by atoms with van der Waals surface area (Å²) >= 11 is 0. The fourth-order valence-electron chi connectivity index (χ4n) is 0. The first-order chi connectivity index (χ1) is 2.00. The van der Waals surface area contributed by atoms with Gasteiger partial charge in [0, 0.05) is 0 Å². The van der Waals surface area contributed by atoms with Crippen molar-refractivity contribution in [2.24, 2.45) is 0 Å². The Morgan fingerprint density at radius 1 is 0.857 bits per heavy atom. The molecule has 0 aliphatic rings. The molecule has 0 rings (SSSR count). The minimum atomic E-state index is -5.61. The maximum absolute atomic E-state index is 8.58. The fourth-order valence-corrected chi connectivity index (χ4v) is 0. The Morgan fingerprint density at radius 3 is 0.857 bits per heavy atom. The van der Waals surface area contributed by atoms with Crippen molar-refractivity contribution >= 4 is 9.05 Å². The van der Waals surface area contributed by atoms with Gasteiger partial charge in [-0.3, -0.25) is 0 Å². The molecule has 0 heterocycles. The molecule has 0 unspecified atom stereocenters. The first-order valence-electron chi connectivity index (χ1n) is 0.816. The second-order valence-corrected chi connectivity index (χ2v) is 1.50. The third kappa shape index (κ3) is 56.7. The van der Waals surface area contributed by atoms with Crippen LogP contribution in [0, 0.1) is 41.7 Å². The van der Waals surface area contributed by atoms with Crippen LogP contribution in [0.1, 0.15) is 0 Å².